The number of carbonyl (C=O) groups is 1. The molecule has 0 radical (unpaired) electrons. The highest BCUT2D eigenvalue weighted by atomic mass is 16.5. The first-order valence-electron chi connectivity index (χ1n) is 5.31. The van der Waals surface area contributed by atoms with Crippen molar-refractivity contribution in [2.24, 2.45) is 0 Å². The van der Waals surface area contributed by atoms with Gasteiger partial charge >= 0.3 is 0 Å². The second kappa shape index (κ2) is 6.10. The third-order valence-electron chi connectivity index (χ3n) is 2.42. The van der Waals surface area contributed by atoms with Gasteiger partial charge in [0.25, 0.3) is 0 Å². The van der Waals surface area contributed by atoms with Gasteiger partial charge in [-0.05, 0) is 25.2 Å². The second-order valence-corrected chi connectivity index (χ2v) is 3.84. The van der Waals surface area contributed by atoms with Gasteiger partial charge in [-0.2, -0.15) is 0 Å². The maximum Gasteiger partial charge on any atom is 0.233 e. The fourth-order valence-electron chi connectivity index (χ4n) is 1.49. The summed E-state index contributed by atoms with van der Waals surface area (Å²) in [5.74, 6) is 0.829. The molecule has 0 atom stereocenters. The van der Waals surface area contributed by atoms with E-state index in [1.807, 2.05) is 11.9 Å². The number of ether oxygens (including phenoxy) is 1. The minimum absolute atomic E-state index is 0.0603. The Labute approximate surface area is 101 Å². The average molecular weight is 238 g/mol. The van der Waals surface area contributed by atoms with Crippen molar-refractivity contribution in [1.29, 1.82) is 0 Å². The van der Waals surface area contributed by atoms with Gasteiger partial charge in [0, 0.05) is 19.2 Å². The molecule has 0 aliphatic rings. The van der Waals surface area contributed by atoms with E-state index in [1.54, 1.807) is 32.4 Å². The summed E-state index contributed by atoms with van der Waals surface area (Å²) in [5, 5.41) is 12.2. The summed E-state index contributed by atoms with van der Waals surface area (Å²) in [5.41, 5.74) is 0.732. The quantitative estimate of drug-likeness (QED) is 0.787. The lowest BCUT2D eigenvalue weighted by Gasteiger charge is -2.16. The van der Waals surface area contributed by atoms with E-state index in [2.05, 4.69) is 5.32 Å². The summed E-state index contributed by atoms with van der Waals surface area (Å²) in [6.07, 6.45) is 0. The van der Waals surface area contributed by atoms with Gasteiger partial charge in [0.1, 0.15) is 11.5 Å². The van der Waals surface area contributed by atoms with Crippen LogP contribution in [0.15, 0.2) is 18.2 Å². The van der Waals surface area contributed by atoms with Crippen LogP contribution in [0.4, 0.5) is 0 Å². The van der Waals surface area contributed by atoms with Crippen LogP contribution in [0.5, 0.6) is 11.5 Å². The highest BCUT2D eigenvalue weighted by Gasteiger charge is 2.09. The molecule has 0 aliphatic carbocycles. The lowest BCUT2D eigenvalue weighted by molar-refractivity contribution is -0.121. The Morgan fingerprint density at radius 2 is 2.24 bits per heavy atom. The van der Waals surface area contributed by atoms with Gasteiger partial charge in [0.05, 0.1) is 13.7 Å². The van der Waals surface area contributed by atoms with Crippen LogP contribution < -0.4 is 10.1 Å². The molecule has 0 heterocycles. The van der Waals surface area contributed by atoms with Crippen molar-refractivity contribution in [3.8, 4) is 11.5 Å². The molecule has 0 fully saturated rings. The molecule has 0 bridgehead atoms. The first-order valence-corrected chi connectivity index (χ1v) is 5.31. The predicted octanol–water partition coefficient (Wildman–Crippen LogP) is 0.579. The van der Waals surface area contributed by atoms with E-state index in [-0.39, 0.29) is 18.2 Å². The third kappa shape index (κ3) is 3.96. The maximum absolute atomic E-state index is 11.2. The number of hydrogen-bond donors (Lipinski definition) is 2. The van der Waals surface area contributed by atoms with Crippen LogP contribution in [-0.2, 0) is 11.3 Å². The lowest BCUT2D eigenvalue weighted by Crippen LogP contribution is -2.32. The number of nitrogens with zero attached hydrogens (tertiary/aromatic N) is 1. The standard InChI is InChI=1S/C12H18N2O3/c1-13-12(16)8-14(2)7-9-6-10(17-3)4-5-11(9)15/h4-6,15H,7-8H2,1-3H3,(H,13,16). The predicted molar refractivity (Wildman–Crippen MR) is 65.1 cm³/mol. The highest BCUT2D eigenvalue weighted by Crippen LogP contribution is 2.23. The van der Waals surface area contributed by atoms with E-state index in [0.717, 1.165) is 5.56 Å². The third-order valence-corrected chi connectivity index (χ3v) is 2.42. The van der Waals surface area contributed by atoms with Gasteiger partial charge < -0.3 is 15.2 Å². The zero-order valence-corrected chi connectivity index (χ0v) is 10.4. The zero-order valence-electron chi connectivity index (χ0n) is 10.4. The van der Waals surface area contributed by atoms with E-state index in [0.29, 0.717) is 12.3 Å². The second-order valence-electron chi connectivity index (χ2n) is 3.84. The molecule has 5 nitrogen and oxygen atoms in total. The molecule has 5 heteroatoms. The van der Waals surface area contributed by atoms with E-state index < -0.39 is 0 Å². The fourth-order valence-corrected chi connectivity index (χ4v) is 1.49. The number of aromatic hydroxyl groups is 1. The van der Waals surface area contributed by atoms with E-state index >= 15 is 0 Å². The van der Waals surface area contributed by atoms with Crippen molar-refractivity contribution in [2.75, 3.05) is 27.7 Å². The summed E-state index contributed by atoms with van der Waals surface area (Å²) in [4.78, 5) is 13.0. The van der Waals surface area contributed by atoms with Crippen molar-refractivity contribution < 1.29 is 14.6 Å². The van der Waals surface area contributed by atoms with E-state index in [9.17, 15) is 9.90 Å². The van der Waals surface area contributed by atoms with Crippen LogP contribution in [0, 0.1) is 0 Å². The average Bonchev–Trinajstić information content (AvgIpc) is 2.31. The number of phenols is 1. The minimum Gasteiger partial charge on any atom is -0.508 e. The smallest absolute Gasteiger partial charge is 0.233 e. The molecular formula is C12H18N2O3. The molecule has 1 amide bonds. The Hall–Kier alpha value is -1.75. The number of amides is 1. The van der Waals surface area contributed by atoms with Crippen molar-refractivity contribution in [2.45, 2.75) is 6.54 Å². The summed E-state index contributed by atoms with van der Waals surface area (Å²) in [7, 11) is 4.98. The van der Waals surface area contributed by atoms with Gasteiger partial charge in [0.15, 0.2) is 0 Å². The van der Waals surface area contributed by atoms with Gasteiger partial charge in [-0.3, -0.25) is 9.69 Å². The molecule has 1 rings (SSSR count). The normalized spacial score (nSPS) is 10.4. The molecule has 0 aliphatic heterocycles. The molecule has 2 N–H and O–H groups in total. The molecule has 1 aromatic rings. The Bertz CT molecular complexity index is 393. The minimum atomic E-state index is -0.0603. The monoisotopic (exact) mass is 238 g/mol. The number of carbonyl (C=O) groups excluding carboxylic acids is 1. The summed E-state index contributed by atoms with van der Waals surface area (Å²) >= 11 is 0. The van der Waals surface area contributed by atoms with Crippen LogP contribution in [0.1, 0.15) is 5.56 Å². The van der Waals surface area contributed by atoms with Crippen LogP contribution >= 0.6 is 0 Å². The fraction of sp³-hybridized carbons (Fsp3) is 0.417. The number of hydrogen-bond acceptors (Lipinski definition) is 4. The van der Waals surface area contributed by atoms with Gasteiger partial charge in [-0.15, -0.1) is 0 Å². The summed E-state index contributed by atoms with van der Waals surface area (Å²) in [6, 6.07) is 5.04. The van der Waals surface area contributed by atoms with Gasteiger partial charge in [-0.25, -0.2) is 0 Å². The van der Waals surface area contributed by atoms with Gasteiger partial charge in [0.2, 0.25) is 5.91 Å². The van der Waals surface area contributed by atoms with Crippen molar-refractivity contribution >= 4 is 5.91 Å². The van der Waals surface area contributed by atoms with Gasteiger partial charge in [-0.1, -0.05) is 0 Å². The molecule has 1 aromatic carbocycles. The van der Waals surface area contributed by atoms with Crippen LogP contribution in [0.2, 0.25) is 0 Å². The maximum atomic E-state index is 11.2. The van der Waals surface area contributed by atoms with Crippen molar-refractivity contribution in [3.63, 3.8) is 0 Å². The van der Waals surface area contributed by atoms with Crippen LogP contribution in [0.25, 0.3) is 0 Å². The van der Waals surface area contributed by atoms with E-state index in [1.165, 1.54) is 0 Å². The molecule has 0 saturated carbocycles. The summed E-state index contributed by atoms with van der Waals surface area (Å²) < 4.78 is 5.08. The number of rotatable bonds is 5. The Morgan fingerprint density at radius 3 is 2.82 bits per heavy atom. The molecule has 94 valence electrons. The lowest BCUT2D eigenvalue weighted by atomic mass is 10.2. The molecule has 0 unspecified atom stereocenters. The van der Waals surface area contributed by atoms with E-state index in [4.69, 9.17) is 4.74 Å². The summed E-state index contributed by atoms with van der Waals surface area (Å²) in [6.45, 7) is 0.767. The number of phenolic OH excluding ortho intramolecular Hbond substituents is 1. The zero-order chi connectivity index (χ0) is 12.8. The Kier molecular flexibility index (Phi) is 4.78. The topological polar surface area (TPSA) is 61.8 Å². The molecule has 17 heavy (non-hydrogen) atoms. The highest BCUT2D eigenvalue weighted by molar-refractivity contribution is 5.77. The number of nitrogens with one attached hydrogen (secondary N) is 1. The molecule has 0 spiro atoms. The number of likely N-dealkylation sites (N-methyl/N-ethyl adjacent to an activating group) is 2. The largest absolute Gasteiger partial charge is 0.508 e. The van der Waals surface area contributed by atoms with Crippen LogP contribution in [-0.4, -0.2) is 43.7 Å². The molecule has 0 aromatic heterocycles. The first kappa shape index (κ1) is 13.3. The SMILES string of the molecule is CNC(=O)CN(C)Cc1cc(OC)ccc1O. The Morgan fingerprint density at radius 1 is 1.53 bits per heavy atom. The number of benzene rings is 1. The number of methoxy groups -OCH3 is 1. The molecular weight excluding hydrogens is 220 g/mol. The molecule has 0 saturated heterocycles. The first-order chi connectivity index (χ1) is 8.06. The Balaban J connectivity index is 2.70. The van der Waals surface area contributed by atoms with Crippen LogP contribution in [0.3, 0.4) is 0 Å². The van der Waals surface area contributed by atoms with Crippen molar-refractivity contribution in [3.05, 3.63) is 23.8 Å². The van der Waals surface area contributed by atoms with Crippen molar-refractivity contribution in [1.82, 2.24) is 10.2 Å².